The number of aromatic nitrogens is 1. The van der Waals surface area contributed by atoms with Crippen LogP contribution >= 0.6 is 11.6 Å². The first-order chi connectivity index (χ1) is 9.24. The lowest BCUT2D eigenvalue weighted by molar-refractivity contribution is 0.175. The van der Waals surface area contributed by atoms with Crippen molar-refractivity contribution in [1.29, 1.82) is 0 Å². The van der Waals surface area contributed by atoms with Crippen LogP contribution in [0.4, 0.5) is 0 Å². The predicted octanol–water partition coefficient (Wildman–Crippen LogP) is 3.68. The molecule has 0 saturated heterocycles. The fourth-order valence-electron chi connectivity index (χ4n) is 2.69. The highest BCUT2D eigenvalue weighted by atomic mass is 35.5. The van der Waals surface area contributed by atoms with Crippen LogP contribution in [0, 0.1) is 0 Å². The van der Waals surface area contributed by atoms with Crippen LogP contribution in [-0.2, 0) is 19.5 Å². The number of nitrogens with zero attached hydrogens (tertiary/aromatic N) is 2. The molecule has 0 aliphatic carbocycles. The van der Waals surface area contributed by atoms with Gasteiger partial charge in [-0.15, -0.1) is 0 Å². The third-order valence-electron chi connectivity index (χ3n) is 3.82. The Bertz CT molecular complexity index is 568. The summed E-state index contributed by atoms with van der Waals surface area (Å²) >= 11 is 6.27. The van der Waals surface area contributed by atoms with E-state index in [2.05, 4.69) is 47.1 Å². The molecule has 1 aliphatic heterocycles. The Labute approximate surface area is 119 Å². The quantitative estimate of drug-likeness (QED) is 0.829. The average molecular weight is 273 g/mol. The van der Waals surface area contributed by atoms with E-state index in [4.69, 9.17) is 11.6 Å². The highest BCUT2D eigenvalue weighted by Crippen LogP contribution is 2.28. The van der Waals surface area contributed by atoms with E-state index in [0.717, 1.165) is 24.5 Å². The van der Waals surface area contributed by atoms with Gasteiger partial charge in [-0.05, 0) is 30.0 Å². The molecule has 0 bridgehead atoms. The van der Waals surface area contributed by atoms with Crippen LogP contribution in [0.5, 0.6) is 0 Å². The van der Waals surface area contributed by atoms with Gasteiger partial charge in [0.25, 0.3) is 0 Å². The summed E-state index contributed by atoms with van der Waals surface area (Å²) < 4.78 is 0. The van der Waals surface area contributed by atoms with Crippen molar-refractivity contribution in [3.05, 3.63) is 64.4 Å². The van der Waals surface area contributed by atoms with Gasteiger partial charge in [0.05, 0.1) is 5.02 Å². The molecule has 1 unspecified atom stereocenters. The first-order valence-electron chi connectivity index (χ1n) is 6.63. The lowest BCUT2D eigenvalue weighted by Gasteiger charge is -2.35. The zero-order valence-corrected chi connectivity index (χ0v) is 11.8. The summed E-state index contributed by atoms with van der Waals surface area (Å²) in [6, 6.07) is 11.1. The smallest absolute Gasteiger partial charge is 0.0637 e. The van der Waals surface area contributed by atoms with Crippen molar-refractivity contribution in [2.75, 3.05) is 0 Å². The van der Waals surface area contributed by atoms with Crippen molar-refractivity contribution in [2.45, 2.75) is 32.5 Å². The van der Waals surface area contributed by atoms with Gasteiger partial charge in [-0.2, -0.15) is 0 Å². The lowest BCUT2D eigenvalue weighted by atomic mass is 9.96. The van der Waals surface area contributed by atoms with Crippen molar-refractivity contribution < 1.29 is 0 Å². The lowest BCUT2D eigenvalue weighted by Crippen LogP contribution is -2.38. The highest BCUT2D eigenvalue weighted by Gasteiger charge is 2.24. The highest BCUT2D eigenvalue weighted by molar-refractivity contribution is 6.31. The monoisotopic (exact) mass is 272 g/mol. The van der Waals surface area contributed by atoms with E-state index in [0.29, 0.717) is 6.04 Å². The fraction of sp³-hybridized carbons (Fsp3) is 0.312. The van der Waals surface area contributed by atoms with Crippen LogP contribution in [0.1, 0.15) is 23.6 Å². The molecule has 1 aromatic heterocycles. The summed E-state index contributed by atoms with van der Waals surface area (Å²) in [6.07, 6.45) is 4.73. The number of benzene rings is 1. The predicted molar refractivity (Wildman–Crippen MR) is 78.1 cm³/mol. The Kier molecular flexibility index (Phi) is 3.54. The standard InChI is InChI=1S/C16H17ClN2/c1-12-7-14-8-18-9-16(17)15(14)11-19(12)10-13-5-3-2-4-6-13/h2-6,8-9,12H,7,10-11H2,1H3. The summed E-state index contributed by atoms with van der Waals surface area (Å²) in [7, 11) is 0. The molecule has 3 heteroatoms. The molecule has 0 saturated carbocycles. The molecule has 98 valence electrons. The van der Waals surface area contributed by atoms with Crippen LogP contribution in [0.15, 0.2) is 42.7 Å². The number of pyridine rings is 1. The van der Waals surface area contributed by atoms with Gasteiger partial charge in [0, 0.05) is 31.5 Å². The molecule has 2 nitrogen and oxygen atoms in total. The normalized spacial score (nSPS) is 19.2. The van der Waals surface area contributed by atoms with E-state index < -0.39 is 0 Å². The molecule has 1 aromatic carbocycles. The maximum Gasteiger partial charge on any atom is 0.0637 e. The SMILES string of the molecule is CC1Cc2cncc(Cl)c2CN1Cc1ccccc1. The summed E-state index contributed by atoms with van der Waals surface area (Å²) in [5.41, 5.74) is 3.89. The third-order valence-corrected chi connectivity index (χ3v) is 4.15. The molecule has 0 N–H and O–H groups in total. The molecule has 0 amide bonds. The molecule has 19 heavy (non-hydrogen) atoms. The molecule has 1 aliphatic rings. The second kappa shape index (κ2) is 5.32. The van der Waals surface area contributed by atoms with Gasteiger partial charge in [0.15, 0.2) is 0 Å². The van der Waals surface area contributed by atoms with Gasteiger partial charge < -0.3 is 0 Å². The van der Waals surface area contributed by atoms with Gasteiger partial charge in [-0.3, -0.25) is 9.88 Å². The second-order valence-corrected chi connectivity index (χ2v) is 5.61. The Morgan fingerprint density at radius 2 is 2.05 bits per heavy atom. The summed E-state index contributed by atoms with van der Waals surface area (Å²) in [6.45, 7) is 4.15. The van der Waals surface area contributed by atoms with Gasteiger partial charge >= 0.3 is 0 Å². The number of hydrogen-bond donors (Lipinski definition) is 0. The molecule has 0 radical (unpaired) electrons. The van der Waals surface area contributed by atoms with E-state index >= 15 is 0 Å². The first kappa shape index (κ1) is 12.6. The first-order valence-corrected chi connectivity index (χ1v) is 7.01. The number of fused-ring (bicyclic) bond motifs is 1. The average Bonchev–Trinajstić information content (AvgIpc) is 2.42. The van der Waals surface area contributed by atoms with Crippen molar-refractivity contribution >= 4 is 11.6 Å². The summed E-state index contributed by atoms with van der Waals surface area (Å²) in [4.78, 5) is 6.67. The van der Waals surface area contributed by atoms with Crippen LogP contribution in [0.3, 0.4) is 0 Å². The number of rotatable bonds is 2. The largest absolute Gasteiger partial charge is 0.292 e. The number of hydrogen-bond acceptors (Lipinski definition) is 2. The van der Waals surface area contributed by atoms with Gasteiger partial charge in [0.1, 0.15) is 0 Å². The van der Waals surface area contributed by atoms with Crippen molar-refractivity contribution in [3.8, 4) is 0 Å². The van der Waals surface area contributed by atoms with Crippen LogP contribution in [0.25, 0.3) is 0 Å². The van der Waals surface area contributed by atoms with Crippen LogP contribution < -0.4 is 0 Å². The van der Waals surface area contributed by atoms with Crippen molar-refractivity contribution in [1.82, 2.24) is 9.88 Å². The topological polar surface area (TPSA) is 16.1 Å². The minimum Gasteiger partial charge on any atom is -0.292 e. The van der Waals surface area contributed by atoms with Crippen LogP contribution in [-0.4, -0.2) is 15.9 Å². The number of halogens is 1. The van der Waals surface area contributed by atoms with Gasteiger partial charge in [0.2, 0.25) is 0 Å². The Morgan fingerprint density at radius 1 is 1.26 bits per heavy atom. The molecule has 2 aromatic rings. The minimum atomic E-state index is 0.521. The van der Waals surface area contributed by atoms with E-state index in [9.17, 15) is 0 Å². The van der Waals surface area contributed by atoms with Gasteiger partial charge in [-0.25, -0.2) is 0 Å². The van der Waals surface area contributed by atoms with Crippen LogP contribution in [0.2, 0.25) is 5.02 Å². The van der Waals surface area contributed by atoms with E-state index in [1.165, 1.54) is 16.7 Å². The third kappa shape index (κ3) is 2.65. The Hall–Kier alpha value is -1.38. The summed E-state index contributed by atoms with van der Waals surface area (Å²) in [5.74, 6) is 0. The van der Waals surface area contributed by atoms with E-state index in [1.807, 2.05) is 6.20 Å². The molecule has 3 rings (SSSR count). The Morgan fingerprint density at radius 3 is 2.84 bits per heavy atom. The Balaban J connectivity index is 1.83. The zero-order chi connectivity index (χ0) is 13.2. The minimum absolute atomic E-state index is 0.521. The molecule has 2 heterocycles. The van der Waals surface area contributed by atoms with Crippen molar-refractivity contribution in [3.63, 3.8) is 0 Å². The van der Waals surface area contributed by atoms with E-state index in [-0.39, 0.29) is 0 Å². The maximum atomic E-state index is 6.27. The summed E-state index contributed by atoms with van der Waals surface area (Å²) in [5, 5.41) is 0.794. The molecule has 0 fully saturated rings. The van der Waals surface area contributed by atoms with E-state index in [1.54, 1.807) is 6.20 Å². The molecular formula is C16H17ClN2. The maximum absolute atomic E-state index is 6.27. The second-order valence-electron chi connectivity index (χ2n) is 5.20. The van der Waals surface area contributed by atoms with Gasteiger partial charge in [-0.1, -0.05) is 41.9 Å². The van der Waals surface area contributed by atoms with Crippen molar-refractivity contribution in [2.24, 2.45) is 0 Å². The fourth-order valence-corrected chi connectivity index (χ4v) is 2.93. The zero-order valence-electron chi connectivity index (χ0n) is 11.0. The molecular weight excluding hydrogens is 256 g/mol. The molecule has 0 spiro atoms. The molecule has 1 atom stereocenters.